The molecule has 3 N–H and O–H groups in total. The number of rotatable bonds is 7. The number of amides is 1. The second kappa shape index (κ2) is 10.4. The Labute approximate surface area is 226 Å². The molecular weight excluding hydrogens is 494 g/mol. The molecule has 4 aromatic rings. The Bertz CT molecular complexity index is 1560. The Morgan fingerprint density at radius 3 is 2.54 bits per heavy atom. The van der Waals surface area contributed by atoms with Crippen molar-refractivity contribution in [3.63, 3.8) is 0 Å². The molecule has 4 heterocycles. The van der Waals surface area contributed by atoms with Gasteiger partial charge in [-0.3, -0.25) is 24.2 Å². The van der Waals surface area contributed by atoms with Crippen LogP contribution in [0.2, 0.25) is 0 Å². The van der Waals surface area contributed by atoms with Crippen LogP contribution in [-0.4, -0.2) is 53.8 Å². The number of aryl methyl sites for hydroxylation is 2. The molecule has 0 atom stereocenters. The second-order valence-corrected chi connectivity index (χ2v) is 10.9. The summed E-state index contributed by atoms with van der Waals surface area (Å²) in [4.78, 5) is 36.5. The SMILES string of the molecule is Cc1ccc(-c2cc(Nc3cc(CN4CCC4)n(C)n3)c(=O)[nH]n2)cc1NC(=O)c1cnc(C(C)(C)C)cn1. The molecule has 0 saturated carbocycles. The second-order valence-electron chi connectivity index (χ2n) is 10.9. The van der Waals surface area contributed by atoms with Crippen molar-refractivity contribution in [2.45, 2.75) is 46.1 Å². The summed E-state index contributed by atoms with van der Waals surface area (Å²) in [5.41, 5.74) is 4.67. The van der Waals surface area contributed by atoms with E-state index in [9.17, 15) is 9.59 Å². The Morgan fingerprint density at radius 1 is 1.08 bits per heavy atom. The monoisotopic (exact) mass is 527 g/mol. The predicted octanol–water partition coefficient (Wildman–Crippen LogP) is 3.77. The zero-order chi connectivity index (χ0) is 27.7. The highest BCUT2D eigenvalue weighted by Crippen LogP contribution is 2.26. The number of H-pyrrole nitrogens is 1. The van der Waals surface area contributed by atoms with Gasteiger partial charge in [0.25, 0.3) is 11.5 Å². The summed E-state index contributed by atoms with van der Waals surface area (Å²) in [6, 6.07) is 9.23. The number of aromatic nitrogens is 6. The van der Waals surface area contributed by atoms with Gasteiger partial charge < -0.3 is 10.6 Å². The van der Waals surface area contributed by atoms with Crippen molar-refractivity contribution >= 4 is 23.1 Å². The van der Waals surface area contributed by atoms with E-state index in [4.69, 9.17) is 0 Å². The third kappa shape index (κ3) is 5.88. The van der Waals surface area contributed by atoms with Gasteiger partial charge in [-0.2, -0.15) is 10.2 Å². The van der Waals surface area contributed by atoms with Crippen molar-refractivity contribution in [1.29, 1.82) is 0 Å². The highest BCUT2D eigenvalue weighted by Gasteiger charge is 2.19. The number of nitrogens with one attached hydrogen (secondary N) is 3. The minimum Gasteiger partial charge on any atom is -0.334 e. The van der Waals surface area contributed by atoms with Crippen molar-refractivity contribution in [1.82, 2.24) is 34.8 Å². The molecule has 0 aliphatic carbocycles. The maximum Gasteiger partial charge on any atom is 0.287 e. The van der Waals surface area contributed by atoms with Gasteiger partial charge in [-0.15, -0.1) is 0 Å². The maximum absolute atomic E-state index is 12.9. The van der Waals surface area contributed by atoms with Gasteiger partial charge in [-0.05, 0) is 44.1 Å². The van der Waals surface area contributed by atoms with Crippen LogP contribution in [-0.2, 0) is 19.0 Å². The number of benzene rings is 1. The molecule has 0 bridgehead atoms. The Morgan fingerprint density at radius 2 is 1.87 bits per heavy atom. The van der Waals surface area contributed by atoms with Crippen LogP contribution in [0.15, 0.2) is 47.5 Å². The summed E-state index contributed by atoms with van der Waals surface area (Å²) in [7, 11) is 1.90. The summed E-state index contributed by atoms with van der Waals surface area (Å²) < 4.78 is 1.83. The van der Waals surface area contributed by atoms with Gasteiger partial charge in [0.2, 0.25) is 0 Å². The molecule has 11 heteroatoms. The lowest BCUT2D eigenvalue weighted by Crippen LogP contribution is -2.36. The number of hydrogen-bond acceptors (Lipinski definition) is 8. The molecule has 1 amide bonds. The number of carbonyl (C=O) groups excluding carboxylic acids is 1. The van der Waals surface area contributed by atoms with Crippen LogP contribution in [0.4, 0.5) is 17.2 Å². The quantitative estimate of drug-likeness (QED) is 0.331. The first-order valence-electron chi connectivity index (χ1n) is 12.9. The van der Waals surface area contributed by atoms with Crippen molar-refractivity contribution < 1.29 is 4.79 Å². The van der Waals surface area contributed by atoms with Crippen LogP contribution in [0.25, 0.3) is 11.3 Å². The van der Waals surface area contributed by atoms with Crippen LogP contribution in [0.5, 0.6) is 0 Å². The molecule has 0 unspecified atom stereocenters. The number of likely N-dealkylation sites (tertiary alicyclic amines) is 1. The van der Waals surface area contributed by atoms with E-state index in [2.05, 4.69) is 40.8 Å². The molecule has 1 aliphatic rings. The lowest BCUT2D eigenvalue weighted by atomic mass is 9.93. The highest BCUT2D eigenvalue weighted by molar-refractivity contribution is 6.03. The average Bonchev–Trinajstić information content (AvgIpc) is 3.22. The summed E-state index contributed by atoms with van der Waals surface area (Å²) >= 11 is 0. The molecule has 39 heavy (non-hydrogen) atoms. The van der Waals surface area contributed by atoms with E-state index in [1.807, 2.05) is 63.7 Å². The first-order valence-corrected chi connectivity index (χ1v) is 12.9. The number of anilines is 3. The standard InChI is InChI=1S/C28H33N9O2/c1-17-7-8-18(11-20(17)32-26(38)23-14-30-24(15-29-23)28(2,3)4)21-13-22(27(39)34-33-21)31-25-12-19(36(5)35-25)16-37-9-6-10-37/h7-8,11-15H,6,9-10,16H2,1-5H3,(H,32,38)(H,34,39)(H,31,33,35). The van der Waals surface area contributed by atoms with E-state index in [1.165, 1.54) is 12.6 Å². The number of hydrogen-bond donors (Lipinski definition) is 3. The highest BCUT2D eigenvalue weighted by atomic mass is 16.2. The lowest BCUT2D eigenvalue weighted by molar-refractivity contribution is 0.102. The van der Waals surface area contributed by atoms with E-state index in [-0.39, 0.29) is 22.6 Å². The first-order chi connectivity index (χ1) is 18.6. The van der Waals surface area contributed by atoms with Gasteiger partial charge >= 0.3 is 0 Å². The fraction of sp³-hybridized carbons (Fsp3) is 0.357. The molecule has 0 radical (unpaired) electrons. The first kappa shape index (κ1) is 26.2. The summed E-state index contributed by atoms with van der Waals surface area (Å²) in [5.74, 6) is 0.232. The largest absolute Gasteiger partial charge is 0.334 e. The molecule has 202 valence electrons. The van der Waals surface area contributed by atoms with Gasteiger partial charge in [0.05, 0.1) is 23.3 Å². The Balaban J connectivity index is 1.34. The van der Waals surface area contributed by atoms with Crippen molar-refractivity contribution in [2.24, 2.45) is 7.05 Å². The fourth-order valence-corrected chi connectivity index (χ4v) is 4.20. The molecule has 1 fully saturated rings. The molecule has 1 aromatic carbocycles. The Kier molecular flexibility index (Phi) is 7.00. The van der Waals surface area contributed by atoms with Crippen molar-refractivity contribution in [3.05, 3.63) is 75.7 Å². The normalized spacial score (nSPS) is 13.7. The molecule has 0 spiro atoms. The van der Waals surface area contributed by atoms with E-state index in [0.29, 0.717) is 22.9 Å². The molecule has 5 rings (SSSR count). The van der Waals surface area contributed by atoms with Crippen LogP contribution in [0, 0.1) is 6.92 Å². The third-order valence-corrected chi connectivity index (χ3v) is 6.81. The maximum atomic E-state index is 12.9. The molecule has 3 aromatic heterocycles. The van der Waals surface area contributed by atoms with E-state index in [1.54, 1.807) is 12.3 Å². The average molecular weight is 528 g/mol. The third-order valence-electron chi connectivity index (χ3n) is 6.81. The lowest BCUT2D eigenvalue weighted by Gasteiger charge is -2.30. The molecular formula is C28H33N9O2. The van der Waals surface area contributed by atoms with Gasteiger partial charge in [-0.25, -0.2) is 10.1 Å². The van der Waals surface area contributed by atoms with E-state index >= 15 is 0 Å². The molecule has 1 saturated heterocycles. The summed E-state index contributed by atoms with van der Waals surface area (Å²) in [6.07, 6.45) is 4.34. The van der Waals surface area contributed by atoms with Gasteiger partial charge in [0, 0.05) is 42.5 Å². The van der Waals surface area contributed by atoms with Crippen LogP contribution >= 0.6 is 0 Å². The van der Waals surface area contributed by atoms with Crippen LogP contribution in [0.3, 0.4) is 0 Å². The predicted molar refractivity (Wildman–Crippen MR) is 150 cm³/mol. The van der Waals surface area contributed by atoms with Crippen molar-refractivity contribution in [2.75, 3.05) is 23.7 Å². The Hall–Kier alpha value is -4.38. The zero-order valence-corrected chi connectivity index (χ0v) is 22.9. The minimum atomic E-state index is -0.357. The summed E-state index contributed by atoms with van der Waals surface area (Å²) in [5, 5.41) is 17.4. The topological polar surface area (TPSA) is 134 Å². The van der Waals surface area contributed by atoms with Gasteiger partial charge in [0.1, 0.15) is 11.4 Å². The summed E-state index contributed by atoms with van der Waals surface area (Å²) in [6.45, 7) is 11.0. The number of carbonyl (C=O) groups is 1. The van der Waals surface area contributed by atoms with Crippen LogP contribution < -0.4 is 16.2 Å². The van der Waals surface area contributed by atoms with E-state index in [0.717, 1.165) is 42.1 Å². The molecule has 11 nitrogen and oxygen atoms in total. The smallest absolute Gasteiger partial charge is 0.287 e. The number of aromatic amines is 1. The number of nitrogens with zero attached hydrogens (tertiary/aromatic N) is 6. The van der Waals surface area contributed by atoms with Crippen LogP contribution in [0.1, 0.15) is 54.6 Å². The molecule has 1 aliphatic heterocycles. The fourth-order valence-electron chi connectivity index (χ4n) is 4.20. The minimum absolute atomic E-state index is 0.155. The van der Waals surface area contributed by atoms with Crippen molar-refractivity contribution in [3.8, 4) is 11.3 Å². The van der Waals surface area contributed by atoms with Gasteiger partial charge in [0.15, 0.2) is 5.82 Å². The van der Waals surface area contributed by atoms with E-state index < -0.39 is 0 Å². The zero-order valence-electron chi connectivity index (χ0n) is 22.9. The van der Waals surface area contributed by atoms with Gasteiger partial charge in [-0.1, -0.05) is 32.9 Å².